The van der Waals surface area contributed by atoms with Crippen molar-refractivity contribution in [1.82, 2.24) is 10.6 Å². The van der Waals surface area contributed by atoms with Gasteiger partial charge in [-0.15, -0.1) is 0 Å². The Morgan fingerprint density at radius 2 is 2.13 bits per heavy atom. The molecular formula is C8H16F2N4O. The number of halogens is 2. The van der Waals surface area contributed by atoms with Crippen LogP contribution in [0.3, 0.4) is 0 Å². The summed E-state index contributed by atoms with van der Waals surface area (Å²) in [7, 11) is 0. The lowest BCUT2D eigenvalue weighted by Crippen LogP contribution is -2.39. The molecule has 1 atom stereocenters. The molecule has 88 valence electrons. The van der Waals surface area contributed by atoms with Crippen LogP contribution in [0.5, 0.6) is 0 Å². The quantitative estimate of drug-likeness (QED) is 0.290. The standard InChI is InChI=1S/C8H16F2N4O/c1-5(15)14-6(7(9)10)3-2-4-13-8(11)12/h6-7H,2-4H2,1H3,(H,14,15)(H4,11,12,13). The van der Waals surface area contributed by atoms with Crippen LogP contribution in [-0.4, -0.2) is 30.9 Å². The van der Waals surface area contributed by atoms with Gasteiger partial charge in [-0.05, 0) is 12.8 Å². The maximum Gasteiger partial charge on any atom is 0.258 e. The van der Waals surface area contributed by atoms with Gasteiger partial charge in [0.25, 0.3) is 6.43 Å². The van der Waals surface area contributed by atoms with E-state index in [-0.39, 0.29) is 12.4 Å². The highest BCUT2D eigenvalue weighted by molar-refractivity contribution is 5.74. The van der Waals surface area contributed by atoms with Gasteiger partial charge in [-0.1, -0.05) is 0 Å². The minimum Gasteiger partial charge on any atom is -0.370 e. The normalized spacial score (nSPS) is 12.3. The van der Waals surface area contributed by atoms with E-state index >= 15 is 0 Å². The van der Waals surface area contributed by atoms with E-state index in [2.05, 4.69) is 10.6 Å². The minimum atomic E-state index is -2.58. The Hall–Kier alpha value is -1.40. The summed E-state index contributed by atoms with van der Waals surface area (Å²) in [6.07, 6.45) is -2.02. The molecular weight excluding hydrogens is 206 g/mol. The summed E-state index contributed by atoms with van der Waals surface area (Å²) in [5.74, 6) is -0.664. The lowest BCUT2D eigenvalue weighted by atomic mass is 10.1. The molecule has 0 saturated heterocycles. The minimum absolute atomic E-state index is 0.150. The van der Waals surface area contributed by atoms with Crippen LogP contribution >= 0.6 is 0 Å². The Morgan fingerprint density at radius 3 is 2.53 bits per heavy atom. The number of hydrogen-bond donors (Lipinski definition) is 4. The summed E-state index contributed by atoms with van der Waals surface area (Å²) in [6, 6.07) is -1.13. The van der Waals surface area contributed by atoms with Gasteiger partial charge in [-0.2, -0.15) is 0 Å². The number of alkyl halides is 2. The Labute approximate surface area is 86.9 Å². The molecule has 15 heavy (non-hydrogen) atoms. The molecule has 0 saturated carbocycles. The Bertz CT molecular complexity index is 223. The van der Waals surface area contributed by atoms with Crippen LogP contribution in [0.4, 0.5) is 8.78 Å². The van der Waals surface area contributed by atoms with E-state index in [0.29, 0.717) is 13.0 Å². The van der Waals surface area contributed by atoms with E-state index < -0.39 is 18.4 Å². The predicted octanol–water partition coefficient (Wildman–Crippen LogP) is 0.0195. The van der Waals surface area contributed by atoms with E-state index in [1.807, 2.05) is 0 Å². The smallest absolute Gasteiger partial charge is 0.258 e. The number of nitrogens with one attached hydrogen (secondary N) is 3. The lowest BCUT2D eigenvalue weighted by Gasteiger charge is -2.16. The maximum atomic E-state index is 12.3. The number of rotatable bonds is 6. The summed E-state index contributed by atoms with van der Waals surface area (Å²) < 4.78 is 24.7. The monoisotopic (exact) mass is 222 g/mol. The molecule has 0 aliphatic carbocycles. The first-order valence-corrected chi connectivity index (χ1v) is 4.56. The Morgan fingerprint density at radius 1 is 1.53 bits per heavy atom. The molecule has 0 aromatic carbocycles. The van der Waals surface area contributed by atoms with E-state index in [4.69, 9.17) is 11.1 Å². The van der Waals surface area contributed by atoms with Crippen molar-refractivity contribution in [2.75, 3.05) is 6.54 Å². The Balaban J connectivity index is 3.76. The molecule has 0 aliphatic rings. The van der Waals surface area contributed by atoms with Crippen LogP contribution in [0.2, 0.25) is 0 Å². The molecule has 0 aromatic heterocycles. The molecule has 0 heterocycles. The van der Waals surface area contributed by atoms with Crippen molar-refractivity contribution in [3.8, 4) is 0 Å². The van der Waals surface area contributed by atoms with Crippen molar-refractivity contribution in [3.63, 3.8) is 0 Å². The summed E-state index contributed by atoms with van der Waals surface area (Å²) in [5.41, 5.74) is 5.00. The third-order valence-electron chi connectivity index (χ3n) is 1.70. The number of nitrogens with two attached hydrogens (primary N) is 1. The zero-order valence-corrected chi connectivity index (χ0v) is 8.52. The largest absolute Gasteiger partial charge is 0.370 e. The van der Waals surface area contributed by atoms with Gasteiger partial charge in [0.15, 0.2) is 5.96 Å². The van der Waals surface area contributed by atoms with E-state index in [1.165, 1.54) is 6.92 Å². The second kappa shape index (κ2) is 6.97. The van der Waals surface area contributed by atoms with Crippen molar-refractivity contribution in [2.45, 2.75) is 32.2 Å². The first kappa shape index (κ1) is 13.6. The first-order chi connectivity index (χ1) is 6.93. The number of hydrogen-bond acceptors (Lipinski definition) is 2. The summed E-state index contributed by atoms with van der Waals surface area (Å²) >= 11 is 0. The molecule has 1 unspecified atom stereocenters. The zero-order chi connectivity index (χ0) is 11.8. The van der Waals surface area contributed by atoms with Crippen molar-refractivity contribution >= 4 is 11.9 Å². The van der Waals surface area contributed by atoms with Crippen LogP contribution in [0, 0.1) is 5.41 Å². The fourth-order valence-corrected chi connectivity index (χ4v) is 1.07. The summed E-state index contributed by atoms with van der Waals surface area (Å²) in [5, 5.41) is 11.5. The van der Waals surface area contributed by atoms with Crippen LogP contribution in [0.15, 0.2) is 0 Å². The second-order valence-corrected chi connectivity index (χ2v) is 3.12. The van der Waals surface area contributed by atoms with Crippen molar-refractivity contribution < 1.29 is 13.6 Å². The number of amides is 1. The highest BCUT2D eigenvalue weighted by Crippen LogP contribution is 2.07. The predicted molar refractivity (Wildman–Crippen MR) is 52.8 cm³/mol. The molecule has 0 aromatic rings. The fourth-order valence-electron chi connectivity index (χ4n) is 1.07. The number of carbonyl (C=O) groups excluding carboxylic acids is 1. The maximum absolute atomic E-state index is 12.3. The van der Waals surface area contributed by atoms with Gasteiger partial charge >= 0.3 is 0 Å². The third-order valence-corrected chi connectivity index (χ3v) is 1.70. The molecule has 7 heteroatoms. The molecule has 0 fully saturated rings. The molecule has 0 spiro atoms. The molecule has 5 N–H and O–H groups in total. The molecule has 0 radical (unpaired) electrons. The summed E-state index contributed by atoms with van der Waals surface area (Å²) in [4.78, 5) is 10.6. The van der Waals surface area contributed by atoms with Crippen LogP contribution in [-0.2, 0) is 4.79 Å². The molecule has 5 nitrogen and oxygen atoms in total. The van der Waals surface area contributed by atoms with E-state index in [0.717, 1.165) is 0 Å². The van der Waals surface area contributed by atoms with Gasteiger partial charge in [0.2, 0.25) is 5.91 Å². The zero-order valence-electron chi connectivity index (χ0n) is 8.52. The van der Waals surface area contributed by atoms with Gasteiger partial charge in [0, 0.05) is 13.5 Å². The molecule has 0 rings (SSSR count). The SMILES string of the molecule is CC(=O)NC(CCCNC(=N)N)C(F)F. The van der Waals surface area contributed by atoms with Crippen LogP contribution < -0.4 is 16.4 Å². The van der Waals surface area contributed by atoms with E-state index in [1.54, 1.807) is 0 Å². The van der Waals surface area contributed by atoms with Crippen molar-refractivity contribution in [2.24, 2.45) is 5.73 Å². The first-order valence-electron chi connectivity index (χ1n) is 4.56. The number of carbonyl (C=O) groups is 1. The third kappa shape index (κ3) is 7.65. The lowest BCUT2D eigenvalue weighted by molar-refractivity contribution is -0.120. The molecule has 1 amide bonds. The van der Waals surface area contributed by atoms with Gasteiger partial charge in [-0.25, -0.2) is 8.78 Å². The van der Waals surface area contributed by atoms with Crippen molar-refractivity contribution in [1.29, 1.82) is 5.41 Å². The highest BCUT2D eigenvalue weighted by atomic mass is 19.3. The van der Waals surface area contributed by atoms with Gasteiger partial charge in [-0.3, -0.25) is 10.2 Å². The average molecular weight is 222 g/mol. The molecule has 0 bridgehead atoms. The second-order valence-electron chi connectivity index (χ2n) is 3.12. The van der Waals surface area contributed by atoms with Gasteiger partial charge in [0.05, 0.1) is 6.04 Å². The van der Waals surface area contributed by atoms with Gasteiger partial charge in [0.1, 0.15) is 0 Å². The van der Waals surface area contributed by atoms with Crippen LogP contribution in [0.1, 0.15) is 19.8 Å². The molecule has 0 aliphatic heterocycles. The fraction of sp³-hybridized carbons (Fsp3) is 0.750. The summed E-state index contributed by atoms with van der Waals surface area (Å²) in [6.45, 7) is 1.54. The van der Waals surface area contributed by atoms with Crippen LogP contribution in [0.25, 0.3) is 0 Å². The average Bonchev–Trinajstić information content (AvgIpc) is 2.08. The topological polar surface area (TPSA) is 91.0 Å². The van der Waals surface area contributed by atoms with E-state index in [9.17, 15) is 13.6 Å². The van der Waals surface area contributed by atoms with Crippen molar-refractivity contribution in [3.05, 3.63) is 0 Å². The Kier molecular flexibility index (Phi) is 6.32. The van der Waals surface area contributed by atoms with Gasteiger partial charge < -0.3 is 16.4 Å². The highest BCUT2D eigenvalue weighted by Gasteiger charge is 2.20. The number of guanidine groups is 1.